The van der Waals surface area contributed by atoms with Crippen LogP contribution in [0, 0.1) is 0 Å². The molecule has 0 spiro atoms. The average molecular weight is 233 g/mol. The van der Waals surface area contributed by atoms with Crippen molar-refractivity contribution >= 4 is 6.09 Å². The number of carbonyl (C=O) groups excluding carboxylic acids is 1. The molecule has 0 saturated heterocycles. The van der Waals surface area contributed by atoms with Gasteiger partial charge in [-0.15, -0.1) is 0 Å². The van der Waals surface area contributed by atoms with Gasteiger partial charge in [-0.05, 0) is 41.0 Å². The van der Waals surface area contributed by atoms with E-state index in [1.54, 1.807) is 34.6 Å². The normalized spacial score (nSPS) is 14.4. The molecule has 0 aliphatic carbocycles. The maximum Gasteiger partial charge on any atom is 0.407 e. The summed E-state index contributed by atoms with van der Waals surface area (Å²) in [6.45, 7) is 8.28. The van der Waals surface area contributed by atoms with Crippen molar-refractivity contribution in [1.29, 1.82) is 0 Å². The van der Waals surface area contributed by atoms with Gasteiger partial charge >= 0.3 is 6.09 Å². The summed E-state index contributed by atoms with van der Waals surface area (Å²) in [5, 5.41) is 21.1. The smallest absolute Gasteiger partial charge is 0.407 e. The van der Waals surface area contributed by atoms with Crippen LogP contribution in [0.4, 0.5) is 4.79 Å². The molecule has 1 amide bonds. The maximum absolute atomic E-state index is 11.4. The molecule has 0 fully saturated rings. The van der Waals surface area contributed by atoms with E-state index in [9.17, 15) is 9.90 Å². The summed E-state index contributed by atoms with van der Waals surface area (Å²) in [6.07, 6.45) is -0.321. The molecule has 5 heteroatoms. The Hall–Kier alpha value is -0.810. The zero-order valence-corrected chi connectivity index (χ0v) is 10.7. The van der Waals surface area contributed by atoms with Gasteiger partial charge in [-0.1, -0.05) is 0 Å². The van der Waals surface area contributed by atoms with Crippen LogP contribution in [-0.2, 0) is 4.74 Å². The molecule has 0 radical (unpaired) electrons. The van der Waals surface area contributed by atoms with Crippen molar-refractivity contribution in [3.05, 3.63) is 0 Å². The van der Waals surface area contributed by atoms with Gasteiger partial charge in [0.05, 0.1) is 18.2 Å². The van der Waals surface area contributed by atoms with Gasteiger partial charge in [0.1, 0.15) is 5.60 Å². The predicted molar refractivity (Wildman–Crippen MR) is 61.2 cm³/mol. The second-order valence-electron chi connectivity index (χ2n) is 5.54. The van der Waals surface area contributed by atoms with Crippen LogP contribution in [0.2, 0.25) is 0 Å². The molecule has 0 aromatic rings. The molecule has 0 aliphatic heterocycles. The van der Waals surface area contributed by atoms with Crippen LogP contribution in [-0.4, -0.2) is 40.2 Å². The standard InChI is InChI=1S/C11H23NO4/c1-10(2,3)16-9(14)12-8(7-13)6-11(4,5)15/h8,13,15H,6-7H2,1-5H3,(H,12,14). The number of aliphatic hydroxyl groups is 2. The van der Waals surface area contributed by atoms with Gasteiger partial charge < -0.3 is 20.3 Å². The highest BCUT2D eigenvalue weighted by Gasteiger charge is 2.23. The lowest BCUT2D eigenvalue weighted by molar-refractivity contribution is 0.0322. The Bertz CT molecular complexity index is 227. The van der Waals surface area contributed by atoms with Gasteiger partial charge in [0.15, 0.2) is 0 Å². The first kappa shape index (κ1) is 15.2. The van der Waals surface area contributed by atoms with Crippen LogP contribution >= 0.6 is 0 Å². The predicted octanol–water partition coefficient (Wildman–Crippen LogP) is 1.03. The van der Waals surface area contributed by atoms with Crippen molar-refractivity contribution in [2.75, 3.05) is 6.61 Å². The van der Waals surface area contributed by atoms with Gasteiger partial charge in [-0.3, -0.25) is 0 Å². The monoisotopic (exact) mass is 233 g/mol. The summed E-state index contributed by atoms with van der Waals surface area (Å²) in [4.78, 5) is 11.4. The van der Waals surface area contributed by atoms with Crippen LogP contribution in [0.3, 0.4) is 0 Å². The van der Waals surface area contributed by atoms with E-state index in [2.05, 4.69) is 5.32 Å². The Labute approximate surface area is 96.8 Å². The number of alkyl carbamates (subject to hydrolysis) is 1. The molecule has 3 N–H and O–H groups in total. The molecule has 0 saturated carbocycles. The minimum absolute atomic E-state index is 0.233. The fourth-order valence-corrected chi connectivity index (χ4v) is 1.24. The van der Waals surface area contributed by atoms with E-state index in [-0.39, 0.29) is 13.0 Å². The quantitative estimate of drug-likeness (QED) is 0.677. The Morgan fingerprint density at radius 3 is 2.12 bits per heavy atom. The average Bonchev–Trinajstić information content (AvgIpc) is 1.96. The molecule has 1 unspecified atom stereocenters. The van der Waals surface area contributed by atoms with E-state index in [4.69, 9.17) is 9.84 Å². The number of aliphatic hydroxyl groups excluding tert-OH is 1. The van der Waals surface area contributed by atoms with E-state index in [1.165, 1.54) is 0 Å². The summed E-state index contributed by atoms with van der Waals surface area (Å²) in [5.41, 5.74) is -1.51. The molecule has 16 heavy (non-hydrogen) atoms. The van der Waals surface area contributed by atoms with E-state index < -0.39 is 23.3 Å². The number of rotatable bonds is 4. The molecule has 1 atom stereocenters. The van der Waals surface area contributed by atoms with Gasteiger partial charge in [-0.25, -0.2) is 4.79 Å². The summed E-state index contributed by atoms with van der Waals surface area (Å²) >= 11 is 0. The number of amides is 1. The second-order valence-corrected chi connectivity index (χ2v) is 5.54. The Kier molecular flexibility index (Phi) is 5.22. The fraction of sp³-hybridized carbons (Fsp3) is 0.909. The lowest BCUT2D eigenvalue weighted by Crippen LogP contribution is -2.44. The zero-order valence-electron chi connectivity index (χ0n) is 10.7. The molecule has 0 bridgehead atoms. The van der Waals surface area contributed by atoms with E-state index in [0.717, 1.165) is 0 Å². The third-order valence-electron chi connectivity index (χ3n) is 1.69. The van der Waals surface area contributed by atoms with Crippen LogP contribution in [0.25, 0.3) is 0 Å². The van der Waals surface area contributed by atoms with Crippen LogP contribution < -0.4 is 5.32 Å². The maximum atomic E-state index is 11.4. The largest absolute Gasteiger partial charge is 0.444 e. The van der Waals surface area contributed by atoms with E-state index >= 15 is 0 Å². The number of nitrogens with one attached hydrogen (secondary N) is 1. The highest BCUT2D eigenvalue weighted by atomic mass is 16.6. The van der Waals surface area contributed by atoms with Crippen molar-refractivity contribution < 1.29 is 19.7 Å². The lowest BCUT2D eigenvalue weighted by atomic mass is 10.00. The number of carbonyl (C=O) groups is 1. The van der Waals surface area contributed by atoms with Crippen LogP contribution in [0.15, 0.2) is 0 Å². The molecule has 0 aromatic carbocycles. The minimum Gasteiger partial charge on any atom is -0.444 e. The van der Waals surface area contributed by atoms with Gasteiger partial charge in [0, 0.05) is 0 Å². The Balaban J connectivity index is 4.18. The van der Waals surface area contributed by atoms with Crippen LogP contribution in [0.1, 0.15) is 41.0 Å². The SMILES string of the molecule is CC(C)(O)CC(CO)NC(=O)OC(C)(C)C. The second kappa shape index (κ2) is 5.50. The molecule has 0 aromatic heterocycles. The topological polar surface area (TPSA) is 78.8 Å². The van der Waals surface area contributed by atoms with Crippen molar-refractivity contribution in [2.45, 2.75) is 58.3 Å². The van der Waals surface area contributed by atoms with Gasteiger partial charge in [0.25, 0.3) is 0 Å². The molecular formula is C11H23NO4. The van der Waals surface area contributed by atoms with Gasteiger partial charge in [0.2, 0.25) is 0 Å². The zero-order chi connectivity index (χ0) is 13.0. The fourth-order valence-electron chi connectivity index (χ4n) is 1.24. The van der Waals surface area contributed by atoms with Crippen molar-refractivity contribution in [2.24, 2.45) is 0 Å². The number of hydrogen-bond donors (Lipinski definition) is 3. The molecule has 96 valence electrons. The minimum atomic E-state index is -0.942. The molecular weight excluding hydrogens is 210 g/mol. The first-order chi connectivity index (χ1) is 7.03. The Morgan fingerprint density at radius 1 is 1.31 bits per heavy atom. The summed E-state index contributed by atoms with van der Waals surface area (Å²) in [5.74, 6) is 0. The first-order valence-electron chi connectivity index (χ1n) is 5.36. The summed E-state index contributed by atoms with van der Waals surface area (Å²) in [6, 6.07) is -0.505. The van der Waals surface area contributed by atoms with Crippen molar-refractivity contribution in [1.82, 2.24) is 5.32 Å². The number of ether oxygens (including phenoxy) is 1. The Morgan fingerprint density at radius 2 is 1.81 bits per heavy atom. The molecule has 0 rings (SSSR count). The van der Waals surface area contributed by atoms with Crippen molar-refractivity contribution in [3.63, 3.8) is 0 Å². The molecule has 5 nitrogen and oxygen atoms in total. The highest BCUT2D eigenvalue weighted by molar-refractivity contribution is 5.68. The van der Waals surface area contributed by atoms with E-state index in [1.807, 2.05) is 0 Å². The third-order valence-corrected chi connectivity index (χ3v) is 1.69. The first-order valence-corrected chi connectivity index (χ1v) is 5.36. The lowest BCUT2D eigenvalue weighted by Gasteiger charge is -2.26. The summed E-state index contributed by atoms with van der Waals surface area (Å²) < 4.78 is 5.04. The molecule has 0 heterocycles. The van der Waals surface area contributed by atoms with Gasteiger partial charge in [-0.2, -0.15) is 0 Å². The number of hydrogen-bond acceptors (Lipinski definition) is 4. The third kappa shape index (κ3) is 8.49. The molecule has 0 aliphatic rings. The highest BCUT2D eigenvalue weighted by Crippen LogP contribution is 2.12. The van der Waals surface area contributed by atoms with Crippen LogP contribution in [0.5, 0.6) is 0 Å². The van der Waals surface area contributed by atoms with E-state index in [0.29, 0.717) is 0 Å². The van der Waals surface area contributed by atoms with Crippen molar-refractivity contribution in [3.8, 4) is 0 Å². The summed E-state index contributed by atoms with van der Waals surface area (Å²) in [7, 11) is 0.